The maximum Gasteiger partial charge on any atom is 0.257 e. The van der Waals surface area contributed by atoms with Crippen molar-refractivity contribution in [2.24, 2.45) is 0 Å². The third-order valence-electron chi connectivity index (χ3n) is 4.90. The first kappa shape index (κ1) is 24.2. The summed E-state index contributed by atoms with van der Waals surface area (Å²) in [5, 5.41) is 1.00. The Kier molecular flexibility index (Phi) is 8.52. The Balaban J connectivity index is 1.59. The van der Waals surface area contributed by atoms with Crippen LogP contribution in [0, 0.1) is 0 Å². The van der Waals surface area contributed by atoms with Gasteiger partial charge in [0, 0.05) is 31.1 Å². The Bertz CT molecular complexity index is 1040. The van der Waals surface area contributed by atoms with Crippen LogP contribution in [0.15, 0.2) is 41.3 Å². The van der Waals surface area contributed by atoms with Crippen molar-refractivity contribution in [1.29, 1.82) is 0 Å². The molecular formula is C21H24Cl2N2O4S2. The third-order valence-corrected chi connectivity index (χ3v) is 8.12. The van der Waals surface area contributed by atoms with E-state index in [0.29, 0.717) is 40.4 Å². The van der Waals surface area contributed by atoms with Crippen molar-refractivity contribution in [3.8, 4) is 5.75 Å². The van der Waals surface area contributed by atoms with E-state index in [1.165, 1.54) is 25.3 Å². The third kappa shape index (κ3) is 6.29. The number of nitrogens with zero attached hydrogens (tertiary/aromatic N) is 1. The SMILES string of the molecule is COc1ccc(S(=O)(=O)NCCSCc2ccc(Cl)c(Cl)c2)cc1C(=O)N1CCCC1. The maximum atomic E-state index is 12.8. The van der Waals surface area contributed by atoms with Crippen LogP contribution in [0.1, 0.15) is 28.8 Å². The number of thioether (sulfide) groups is 1. The van der Waals surface area contributed by atoms with Gasteiger partial charge in [-0.2, -0.15) is 11.8 Å². The number of benzene rings is 2. The number of likely N-dealkylation sites (tertiary alicyclic amines) is 1. The Morgan fingerprint density at radius 2 is 1.87 bits per heavy atom. The van der Waals surface area contributed by atoms with Crippen molar-refractivity contribution >= 4 is 50.9 Å². The lowest BCUT2D eigenvalue weighted by molar-refractivity contribution is 0.0789. The molecule has 1 heterocycles. The zero-order valence-electron chi connectivity index (χ0n) is 17.1. The minimum absolute atomic E-state index is 0.0466. The minimum Gasteiger partial charge on any atom is -0.496 e. The Morgan fingerprint density at radius 1 is 1.13 bits per heavy atom. The van der Waals surface area contributed by atoms with E-state index < -0.39 is 10.0 Å². The largest absolute Gasteiger partial charge is 0.496 e. The Morgan fingerprint density at radius 3 is 2.55 bits per heavy atom. The van der Waals surface area contributed by atoms with Gasteiger partial charge in [-0.25, -0.2) is 13.1 Å². The van der Waals surface area contributed by atoms with Gasteiger partial charge in [0.1, 0.15) is 5.75 Å². The van der Waals surface area contributed by atoms with Gasteiger partial charge in [-0.3, -0.25) is 4.79 Å². The standard InChI is InChI=1S/C21H24Cl2N2O4S2/c1-29-20-7-5-16(13-17(20)21(26)25-9-2-3-10-25)31(27,28)24-8-11-30-14-15-4-6-18(22)19(23)12-15/h4-7,12-13,24H,2-3,8-11,14H2,1H3. The van der Waals surface area contributed by atoms with Gasteiger partial charge in [-0.1, -0.05) is 29.3 Å². The number of sulfonamides is 1. The summed E-state index contributed by atoms with van der Waals surface area (Å²) >= 11 is 13.5. The van der Waals surface area contributed by atoms with E-state index in [0.717, 1.165) is 18.4 Å². The highest BCUT2D eigenvalue weighted by molar-refractivity contribution is 7.98. The molecule has 0 saturated carbocycles. The molecule has 168 valence electrons. The van der Waals surface area contributed by atoms with Crippen LogP contribution in [0.2, 0.25) is 10.0 Å². The number of carbonyl (C=O) groups excluding carboxylic acids is 1. The van der Waals surface area contributed by atoms with Crippen LogP contribution in [0.25, 0.3) is 0 Å². The molecule has 0 bridgehead atoms. The molecule has 1 saturated heterocycles. The molecule has 1 N–H and O–H groups in total. The zero-order valence-corrected chi connectivity index (χ0v) is 20.2. The van der Waals surface area contributed by atoms with Crippen LogP contribution in [-0.2, 0) is 15.8 Å². The lowest BCUT2D eigenvalue weighted by Crippen LogP contribution is -2.29. The van der Waals surface area contributed by atoms with E-state index in [-0.39, 0.29) is 22.9 Å². The number of rotatable bonds is 9. The first-order chi connectivity index (χ1) is 14.8. The molecular weight excluding hydrogens is 479 g/mol. The van der Waals surface area contributed by atoms with Crippen LogP contribution < -0.4 is 9.46 Å². The van der Waals surface area contributed by atoms with Crippen molar-refractivity contribution in [3.63, 3.8) is 0 Å². The van der Waals surface area contributed by atoms with Crippen LogP contribution in [0.5, 0.6) is 5.75 Å². The number of amides is 1. The van der Waals surface area contributed by atoms with Gasteiger partial charge in [0.15, 0.2) is 0 Å². The fraction of sp³-hybridized carbons (Fsp3) is 0.381. The van der Waals surface area contributed by atoms with Crippen molar-refractivity contribution < 1.29 is 17.9 Å². The summed E-state index contributed by atoms with van der Waals surface area (Å²) in [7, 11) is -2.28. The summed E-state index contributed by atoms with van der Waals surface area (Å²) in [4.78, 5) is 14.6. The van der Waals surface area contributed by atoms with Crippen LogP contribution in [0.3, 0.4) is 0 Å². The maximum absolute atomic E-state index is 12.8. The average molecular weight is 503 g/mol. The fourth-order valence-electron chi connectivity index (χ4n) is 3.26. The van der Waals surface area contributed by atoms with Gasteiger partial charge in [-0.15, -0.1) is 0 Å². The number of ether oxygens (including phenoxy) is 1. The molecule has 31 heavy (non-hydrogen) atoms. The second-order valence-corrected chi connectivity index (χ2v) is 10.7. The Labute approximate surface area is 197 Å². The smallest absolute Gasteiger partial charge is 0.257 e. The molecule has 3 rings (SSSR count). The van der Waals surface area contributed by atoms with E-state index in [1.807, 2.05) is 6.07 Å². The highest BCUT2D eigenvalue weighted by Gasteiger charge is 2.25. The monoisotopic (exact) mass is 502 g/mol. The van der Waals surface area contributed by atoms with E-state index in [2.05, 4.69) is 4.72 Å². The second-order valence-electron chi connectivity index (χ2n) is 7.06. The van der Waals surface area contributed by atoms with Crippen molar-refractivity contribution in [3.05, 3.63) is 57.6 Å². The lowest BCUT2D eigenvalue weighted by atomic mass is 10.1. The molecule has 0 aliphatic carbocycles. The molecule has 1 amide bonds. The quantitative estimate of drug-likeness (QED) is 0.512. The lowest BCUT2D eigenvalue weighted by Gasteiger charge is -2.18. The van der Waals surface area contributed by atoms with E-state index in [4.69, 9.17) is 27.9 Å². The van der Waals surface area contributed by atoms with Gasteiger partial charge >= 0.3 is 0 Å². The summed E-state index contributed by atoms with van der Waals surface area (Å²) in [6, 6.07) is 9.80. The molecule has 6 nitrogen and oxygen atoms in total. The molecule has 10 heteroatoms. The molecule has 0 unspecified atom stereocenters. The number of nitrogens with one attached hydrogen (secondary N) is 1. The van der Waals surface area contributed by atoms with Gasteiger partial charge in [-0.05, 0) is 48.7 Å². The zero-order chi connectivity index (χ0) is 22.4. The number of methoxy groups -OCH3 is 1. The molecule has 1 fully saturated rings. The normalized spacial score (nSPS) is 14.1. The second kappa shape index (κ2) is 10.9. The highest BCUT2D eigenvalue weighted by Crippen LogP contribution is 2.26. The molecule has 1 aliphatic heterocycles. The van der Waals surface area contributed by atoms with E-state index >= 15 is 0 Å². The molecule has 0 atom stereocenters. The summed E-state index contributed by atoms with van der Waals surface area (Å²) in [5.41, 5.74) is 1.28. The first-order valence-electron chi connectivity index (χ1n) is 9.80. The summed E-state index contributed by atoms with van der Waals surface area (Å²) in [6.45, 7) is 1.61. The summed E-state index contributed by atoms with van der Waals surface area (Å²) in [6.07, 6.45) is 1.90. The fourth-order valence-corrected chi connectivity index (χ4v) is 5.58. The van der Waals surface area contributed by atoms with Gasteiger partial charge in [0.2, 0.25) is 10.0 Å². The van der Waals surface area contributed by atoms with Crippen LogP contribution in [-0.4, -0.2) is 51.7 Å². The van der Waals surface area contributed by atoms with Crippen LogP contribution >= 0.6 is 35.0 Å². The summed E-state index contributed by atoms with van der Waals surface area (Å²) in [5.74, 6) is 1.43. The van der Waals surface area contributed by atoms with E-state index in [9.17, 15) is 13.2 Å². The Hall–Kier alpha value is -1.45. The average Bonchev–Trinajstić information content (AvgIpc) is 3.30. The predicted octanol–water partition coefficient (Wildman–Crippen LogP) is 4.45. The van der Waals surface area contributed by atoms with E-state index in [1.54, 1.807) is 28.8 Å². The van der Waals surface area contributed by atoms with Crippen molar-refractivity contribution in [1.82, 2.24) is 9.62 Å². The van der Waals surface area contributed by atoms with Gasteiger partial charge in [0.25, 0.3) is 5.91 Å². The molecule has 0 spiro atoms. The van der Waals surface area contributed by atoms with Crippen LogP contribution in [0.4, 0.5) is 0 Å². The molecule has 2 aromatic carbocycles. The number of carbonyl (C=O) groups is 1. The summed E-state index contributed by atoms with van der Waals surface area (Å²) < 4.78 is 33.3. The van der Waals surface area contributed by atoms with Gasteiger partial charge < -0.3 is 9.64 Å². The number of hydrogen-bond donors (Lipinski definition) is 1. The number of hydrogen-bond acceptors (Lipinski definition) is 5. The number of halogens is 2. The molecule has 0 aromatic heterocycles. The molecule has 1 aliphatic rings. The topological polar surface area (TPSA) is 75.7 Å². The highest BCUT2D eigenvalue weighted by atomic mass is 35.5. The molecule has 2 aromatic rings. The predicted molar refractivity (Wildman–Crippen MR) is 126 cm³/mol. The minimum atomic E-state index is -3.75. The molecule has 0 radical (unpaired) electrons. The van der Waals surface area contributed by atoms with Crippen molar-refractivity contribution in [2.45, 2.75) is 23.5 Å². The first-order valence-corrected chi connectivity index (χ1v) is 13.2. The van der Waals surface area contributed by atoms with Gasteiger partial charge in [0.05, 0.1) is 27.6 Å². The van der Waals surface area contributed by atoms with Crippen molar-refractivity contribution in [2.75, 3.05) is 32.5 Å².